The van der Waals surface area contributed by atoms with Crippen LogP contribution in [0.4, 0.5) is 0 Å². The molecule has 1 saturated heterocycles. The van der Waals surface area contributed by atoms with Crippen LogP contribution in [0.5, 0.6) is 0 Å². The van der Waals surface area contributed by atoms with Crippen LogP contribution in [0.15, 0.2) is 27.8 Å². The van der Waals surface area contributed by atoms with Crippen molar-refractivity contribution in [1.82, 2.24) is 9.55 Å². The zero-order chi connectivity index (χ0) is 15.0. The Balaban J connectivity index is 2.26. The average molecular weight is 290 g/mol. The second-order valence-corrected chi connectivity index (χ2v) is 5.04. The summed E-state index contributed by atoms with van der Waals surface area (Å²) in [4.78, 5) is 37.4. The Morgan fingerprint density at radius 1 is 1.38 bits per heavy atom. The van der Waals surface area contributed by atoms with Crippen molar-refractivity contribution in [3.8, 4) is 0 Å². The Morgan fingerprint density at radius 3 is 2.86 bits per heavy atom. The van der Waals surface area contributed by atoms with Crippen LogP contribution in [0.1, 0.15) is 29.2 Å². The van der Waals surface area contributed by atoms with Crippen molar-refractivity contribution in [3.05, 3.63) is 44.5 Å². The summed E-state index contributed by atoms with van der Waals surface area (Å²) < 4.78 is 6.79. The van der Waals surface area contributed by atoms with Crippen molar-refractivity contribution in [2.24, 2.45) is 0 Å². The smallest absolute Gasteiger partial charge is 0.335 e. The van der Waals surface area contributed by atoms with Gasteiger partial charge in [-0.3, -0.25) is 14.2 Å². The van der Waals surface area contributed by atoms with Crippen molar-refractivity contribution in [2.75, 3.05) is 13.2 Å². The van der Waals surface area contributed by atoms with Gasteiger partial charge in [0.05, 0.1) is 29.2 Å². The number of aromatic carboxylic acids is 1. The molecule has 0 radical (unpaired) electrons. The highest BCUT2D eigenvalue weighted by Crippen LogP contribution is 2.21. The van der Waals surface area contributed by atoms with E-state index in [9.17, 15) is 14.4 Å². The van der Waals surface area contributed by atoms with Gasteiger partial charge in [0.15, 0.2) is 0 Å². The van der Waals surface area contributed by atoms with Crippen molar-refractivity contribution in [2.45, 2.75) is 18.9 Å². The summed E-state index contributed by atoms with van der Waals surface area (Å²) in [5.74, 6) is -1.09. The van der Waals surface area contributed by atoms with Gasteiger partial charge in [0.2, 0.25) is 0 Å². The number of nitrogens with zero attached hydrogens (tertiary/aromatic N) is 1. The van der Waals surface area contributed by atoms with Gasteiger partial charge < -0.3 is 14.8 Å². The summed E-state index contributed by atoms with van der Waals surface area (Å²) in [5, 5.41) is 9.01. The Morgan fingerprint density at radius 2 is 2.19 bits per heavy atom. The molecule has 1 aromatic carbocycles. The molecule has 0 aliphatic carbocycles. The molecule has 1 fully saturated rings. The van der Waals surface area contributed by atoms with E-state index in [1.54, 1.807) is 6.07 Å². The van der Waals surface area contributed by atoms with E-state index in [0.29, 0.717) is 24.2 Å². The molecule has 1 atom stereocenters. The third-order valence-electron chi connectivity index (χ3n) is 3.67. The molecule has 3 rings (SSSR count). The fourth-order valence-electron chi connectivity index (χ4n) is 2.66. The number of carbonyl (C=O) groups is 1. The number of benzene rings is 1. The van der Waals surface area contributed by atoms with Gasteiger partial charge in [-0.15, -0.1) is 0 Å². The third kappa shape index (κ3) is 2.36. The number of nitrogens with one attached hydrogen (secondary N) is 1. The quantitative estimate of drug-likeness (QED) is 0.794. The number of fused-ring (bicyclic) bond motifs is 1. The first-order valence-electron chi connectivity index (χ1n) is 6.67. The van der Waals surface area contributed by atoms with Crippen LogP contribution in [0.25, 0.3) is 11.0 Å². The fraction of sp³-hybridized carbons (Fsp3) is 0.357. The van der Waals surface area contributed by atoms with Crippen LogP contribution >= 0.6 is 0 Å². The van der Waals surface area contributed by atoms with Crippen molar-refractivity contribution >= 4 is 17.0 Å². The number of carboxylic acid groups (broad SMARTS) is 1. The molecule has 0 bridgehead atoms. The number of hydrogen-bond acceptors (Lipinski definition) is 4. The molecule has 110 valence electrons. The van der Waals surface area contributed by atoms with Gasteiger partial charge in [0.25, 0.3) is 0 Å². The molecule has 0 spiro atoms. The number of rotatable bonds is 2. The van der Waals surface area contributed by atoms with Gasteiger partial charge in [0.1, 0.15) is 0 Å². The maximum Gasteiger partial charge on any atom is 0.335 e. The lowest BCUT2D eigenvalue weighted by molar-refractivity contribution is 0.0593. The van der Waals surface area contributed by atoms with Gasteiger partial charge in [-0.2, -0.15) is 0 Å². The largest absolute Gasteiger partial charge is 0.478 e. The van der Waals surface area contributed by atoms with Crippen LogP contribution in [0, 0.1) is 0 Å². The number of aromatic amines is 1. The summed E-state index contributed by atoms with van der Waals surface area (Å²) in [7, 11) is 0. The molecular weight excluding hydrogens is 276 g/mol. The first kappa shape index (κ1) is 13.6. The number of ether oxygens (including phenoxy) is 1. The zero-order valence-electron chi connectivity index (χ0n) is 11.2. The van der Waals surface area contributed by atoms with Gasteiger partial charge in [-0.1, -0.05) is 0 Å². The highest BCUT2D eigenvalue weighted by atomic mass is 16.5. The van der Waals surface area contributed by atoms with E-state index in [-0.39, 0.29) is 11.6 Å². The van der Waals surface area contributed by atoms with Crippen molar-refractivity contribution in [3.63, 3.8) is 0 Å². The second kappa shape index (κ2) is 5.17. The standard InChI is InChI=1S/C14H14N2O5/c17-12-13(18)16(9-2-1-5-21-7-9)11-4-3-8(14(19)20)6-10(11)15-12/h3-4,6,9H,1-2,5,7H2,(H,15,17)(H,19,20). The van der Waals surface area contributed by atoms with Gasteiger partial charge >= 0.3 is 17.1 Å². The lowest BCUT2D eigenvalue weighted by Gasteiger charge is -2.25. The van der Waals surface area contributed by atoms with E-state index in [2.05, 4.69) is 4.98 Å². The summed E-state index contributed by atoms with van der Waals surface area (Å²) in [6, 6.07) is 4.12. The molecular formula is C14H14N2O5. The molecule has 1 aliphatic rings. The molecule has 21 heavy (non-hydrogen) atoms. The van der Waals surface area contributed by atoms with E-state index < -0.39 is 17.1 Å². The Kier molecular flexibility index (Phi) is 3.34. The topological polar surface area (TPSA) is 101 Å². The Labute approximate surface area is 118 Å². The summed E-state index contributed by atoms with van der Waals surface area (Å²) in [6.07, 6.45) is 1.57. The van der Waals surface area contributed by atoms with E-state index in [4.69, 9.17) is 9.84 Å². The van der Waals surface area contributed by atoms with Crippen molar-refractivity contribution < 1.29 is 14.6 Å². The molecule has 2 aromatic rings. The molecule has 1 aromatic heterocycles. The Bertz CT molecular complexity index is 814. The van der Waals surface area contributed by atoms with Gasteiger partial charge in [0, 0.05) is 6.61 Å². The SMILES string of the molecule is O=C(O)c1ccc2c(c1)[nH]c(=O)c(=O)n2C1CCCOC1. The predicted molar refractivity (Wildman–Crippen MR) is 74.9 cm³/mol. The van der Waals surface area contributed by atoms with E-state index in [0.717, 1.165) is 12.8 Å². The van der Waals surface area contributed by atoms with Crippen LogP contribution in [-0.2, 0) is 4.74 Å². The summed E-state index contributed by atoms with van der Waals surface area (Å²) in [6.45, 7) is 1.02. The number of aromatic nitrogens is 2. The lowest BCUT2D eigenvalue weighted by atomic mass is 10.1. The zero-order valence-corrected chi connectivity index (χ0v) is 11.2. The highest BCUT2D eigenvalue weighted by molar-refractivity contribution is 5.92. The molecule has 2 heterocycles. The highest BCUT2D eigenvalue weighted by Gasteiger charge is 2.21. The maximum absolute atomic E-state index is 12.1. The van der Waals surface area contributed by atoms with Crippen LogP contribution in [0.3, 0.4) is 0 Å². The molecule has 1 aliphatic heterocycles. The second-order valence-electron chi connectivity index (χ2n) is 5.04. The van der Waals surface area contributed by atoms with Crippen LogP contribution in [-0.4, -0.2) is 33.8 Å². The third-order valence-corrected chi connectivity index (χ3v) is 3.67. The normalized spacial score (nSPS) is 18.8. The van der Waals surface area contributed by atoms with Gasteiger partial charge in [-0.05, 0) is 31.0 Å². The molecule has 7 nitrogen and oxygen atoms in total. The predicted octanol–water partition coefficient (Wildman–Crippen LogP) is 0.739. The minimum Gasteiger partial charge on any atom is -0.478 e. The molecule has 7 heteroatoms. The maximum atomic E-state index is 12.1. The molecule has 2 N–H and O–H groups in total. The molecule has 0 saturated carbocycles. The van der Waals surface area contributed by atoms with E-state index in [1.807, 2.05) is 0 Å². The number of H-pyrrole nitrogens is 1. The fourth-order valence-corrected chi connectivity index (χ4v) is 2.66. The summed E-state index contributed by atoms with van der Waals surface area (Å²) >= 11 is 0. The van der Waals surface area contributed by atoms with Crippen molar-refractivity contribution in [1.29, 1.82) is 0 Å². The molecule has 0 amide bonds. The minimum atomic E-state index is -1.09. The van der Waals surface area contributed by atoms with Crippen LogP contribution < -0.4 is 11.1 Å². The monoisotopic (exact) mass is 290 g/mol. The van der Waals surface area contributed by atoms with Gasteiger partial charge in [-0.25, -0.2) is 4.79 Å². The van der Waals surface area contributed by atoms with Crippen LogP contribution in [0.2, 0.25) is 0 Å². The molecule has 1 unspecified atom stereocenters. The summed E-state index contributed by atoms with van der Waals surface area (Å²) in [5.41, 5.74) is -0.481. The number of carboxylic acids is 1. The first-order chi connectivity index (χ1) is 10.1. The average Bonchev–Trinajstić information content (AvgIpc) is 2.49. The minimum absolute atomic E-state index is 0.0586. The van der Waals surface area contributed by atoms with E-state index >= 15 is 0 Å². The van der Waals surface area contributed by atoms with E-state index in [1.165, 1.54) is 16.7 Å². The number of hydrogen-bond donors (Lipinski definition) is 2. The Hall–Kier alpha value is -2.41. The lowest BCUT2D eigenvalue weighted by Crippen LogP contribution is -2.40. The first-order valence-corrected chi connectivity index (χ1v) is 6.67.